The molecule has 0 atom stereocenters. The van der Waals surface area contributed by atoms with Crippen molar-refractivity contribution in [3.05, 3.63) is 58.5 Å². The molecule has 2 aliphatic heterocycles. The number of rotatable bonds is 3. The zero-order valence-electron chi connectivity index (χ0n) is 15.6. The molecule has 3 aromatic rings. The zero-order chi connectivity index (χ0) is 18.2. The maximum atomic E-state index is 5.05. The van der Waals surface area contributed by atoms with Crippen LogP contribution in [0, 0.1) is 0 Å². The number of aromatic nitrogens is 4. The van der Waals surface area contributed by atoms with Crippen molar-refractivity contribution in [2.45, 2.75) is 39.3 Å². The quantitative estimate of drug-likeness (QED) is 0.751. The van der Waals surface area contributed by atoms with E-state index in [4.69, 9.17) is 9.97 Å². The number of H-pyrrole nitrogens is 1. The van der Waals surface area contributed by atoms with Crippen LogP contribution < -0.4 is 10.2 Å². The fourth-order valence-corrected chi connectivity index (χ4v) is 4.15. The van der Waals surface area contributed by atoms with Gasteiger partial charge in [0.1, 0.15) is 5.82 Å². The van der Waals surface area contributed by atoms with Crippen molar-refractivity contribution in [3.63, 3.8) is 0 Å². The normalized spacial score (nSPS) is 16.1. The maximum absolute atomic E-state index is 5.05. The molecule has 0 unspecified atom stereocenters. The van der Waals surface area contributed by atoms with Gasteiger partial charge >= 0.3 is 0 Å². The summed E-state index contributed by atoms with van der Waals surface area (Å²) in [7, 11) is 0. The molecule has 2 N–H and O–H groups in total. The van der Waals surface area contributed by atoms with Crippen LogP contribution in [0.15, 0.2) is 30.3 Å². The molecule has 2 aromatic heterocycles. The molecule has 0 bridgehead atoms. The molecule has 0 fully saturated rings. The van der Waals surface area contributed by atoms with Crippen LogP contribution in [0.5, 0.6) is 0 Å². The van der Waals surface area contributed by atoms with Gasteiger partial charge in [0.15, 0.2) is 5.82 Å². The Morgan fingerprint density at radius 2 is 1.96 bits per heavy atom. The van der Waals surface area contributed by atoms with E-state index >= 15 is 0 Å². The number of nitrogens with one attached hydrogen (secondary N) is 2. The molecule has 138 valence electrons. The first-order valence-corrected chi connectivity index (χ1v) is 9.79. The number of aromatic amines is 1. The first kappa shape index (κ1) is 16.4. The van der Waals surface area contributed by atoms with Crippen molar-refractivity contribution < 1.29 is 0 Å². The summed E-state index contributed by atoms with van der Waals surface area (Å²) in [4.78, 5) is 12.4. The van der Waals surface area contributed by atoms with Gasteiger partial charge < -0.3 is 10.2 Å². The Morgan fingerprint density at radius 1 is 1.07 bits per heavy atom. The monoisotopic (exact) mass is 360 g/mol. The number of anilines is 1. The van der Waals surface area contributed by atoms with E-state index in [1.54, 1.807) is 0 Å². The summed E-state index contributed by atoms with van der Waals surface area (Å²) in [6, 6.07) is 10.3. The van der Waals surface area contributed by atoms with Gasteiger partial charge in [-0.1, -0.05) is 37.3 Å². The molecule has 0 spiro atoms. The first-order chi connectivity index (χ1) is 13.3. The maximum Gasteiger partial charge on any atom is 0.161 e. The zero-order valence-corrected chi connectivity index (χ0v) is 15.6. The van der Waals surface area contributed by atoms with Crippen molar-refractivity contribution in [2.24, 2.45) is 0 Å². The third-order valence-electron chi connectivity index (χ3n) is 5.60. The highest BCUT2D eigenvalue weighted by molar-refractivity contribution is 5.61. The van der Waals surface area contributed by atoms with Crippen LogP contribution in [0.3, 0.4) is 0 Å². The summed E-state index contributed by atoms with van der Waals surface area (Å²) in [5.41, 5.74) is 7.34. The van der Waals surface area contributed by atoms with Gasteiger partial charge in [-0.25, -0.2) is 9.97 Å². The lowest BCUT2D eigenvalue weighted by atomic mass is 10.0. The van der Waals surface area contributed by atoms with Crippen LogP contribution in [-0.4, -0.2) is 33.3 Å². The molecule has 5 rings (SSSR count). The van der Waals surface area contributed by atoms with Crippen molar-refractivity contribution >= 4 is 5.82 Å². The molecular weight excluding hydrogens is 336 g/mol. The SMILES string of the molecule is CCc1n[nH]c2c1CN(c1nc(-c3ccccc3)nc3c1CCNC3)CC2. The molecule has 0 amide bonds. The highest BCUT2D eigenvalue weighted by atomic mass is 15.2. The predicted octanol–water partition coefficient (Wildman–Crippen LogP) is 2.64. The van der Waals surface area contributed by atoms with E-state index in [1.165, 1.54) is 22.5 Å². The van der Waals surface area contributed by atoms with Crippen molar-refractivity contribution in [2.75, 3.05) is 18.0 Å². The van der Waals surface area contributed by atoms with E-state index in [1.807, 2.05) is 18.2 Å². The van der Waals surface area contributed by atoms with Gasteiger partial charge in [-0.05, 0) is 19.4 Å². The topological polar surface area (TPSA) is 69.7 Å². The molecule has 6 nitrogen and oxygen atoms in total. The molecule has 0 saturated carbocycles. The lowest BCUT2D eigenvalue weighted by Gasteiger charge is -2.32. The standard InChI is InChI=1S/C21H24N6/c1-2-17-16-13-27(11-9-18(16)26-25-17)21-15-8-10-22-12-19(15)23-20(24-21)14-6-4-3-5-7-14/h3-7,22H,2,8-13H2,1H3,(H,25,26). The van der Waals surface area contributed by atoms with Gasteiger partial charge in [0, 0.05) is 48.4 Å². The second-order valence-electron chi connectivity index (χ2n) is 7.24. The van der Waals surface area contributed by atoms with Crippen molar-refractivity contribution in [3.8, 4) is 11.4 Å². The lowest BCUT2D eigenvalue weighted by molar-refractivity contribution is 0.615. The number of nitrogens with zero attached hydrogens (tertiary/aromatic N) is 4. The summed E-state index contributed by atoms with van der Waals surface area (Å²) < 4.78 is 0. The van der Waals surface area contributed by atoms with Crippen LogP contribution >= 0.6 is 0 Å². The molecule has 1 aromatic carbocycles. The molecule has 27 heavy (non-hydrogen) atoms. The summed E-state index contributed by atoms with van der Waals surface area (Å²) in [5, 5.41) is 11.2. The van der Waals surface area contributed by atoms with Crippen molar-refractivity contribution in [1.29, 1.82) is 0 Å². The third-order valence-corrected chi connectivity index (χ3v) is 5.60. The van der Waals surface area contributed by atoms with Gasteiger partial charge in [0.2, 0.25) is 0 Å². The number of aryl methyl sites for hydroxylation is 1. The van der Waals surface area contributed by atoms with E-state index in [-0.39, 0.29) is 0 Å². The lowest BCUT2D eigenvalue weighted by Crippen LogP contribution is -2.34. The molecule has 0 saturated heterocycles. The van der Waals surface area contributed by atoms with E-state index in [0.29, 0.717) is 0 Å². The summed E-state index contributed by atoms with van der Waals surface area (Å²) in [6.07, 6.45) is 2.93. The van der Waals surface area contributed by atoms with E-state index in [9.17, 15) is 0 Å². The molecular formula is C21H24N6. The molecule has 2 aliphatic rings. The minimum Gasteiger partial charge on any atom is -0.351 e. The van der Waals surface area contributed by atoms with Gasteiger partial charge in [0.25, 0.3) is 0 Å². The second kappa shape index (κ2) is 6.78. The first-order valence-electron chi connectivity index (χ1n) is 9.79. The van der Waals surface area contributed by atoms with Crippen LogP contribution in [0.4, 0.5) is 5.82 Å². The second-order valence-corrected chi connectivity index (χ2v) is 7.24. The number of benzene rings is 1. The van der Waals surface area contributed by atoms with E-state index < -0.39 is 0 Å². The Labute approximate surface area is 159 Å². The van der Waals surface area contributed by atoms with Crippen LogP contribution in [0.2, 0.25) is 0 Å². The Bertz CT molecular complexity index is 949. The molecule has 6 heteroatoms. The Hall–Kier alpha value is -2.73. The van der Waals surface area contributed by atoms with Crippen LogP contribution in [-0.2, 0) is 32.4 Å². The average molecular weight is 360 g/mol. The Balaban J connectivity index is 1.59. The van der Waals surface area contributed by atoms with Gasteiger partial charge in [-0.2, -0.15) is 5.10 Å². The fraction of sp³-hybridized carbons (Fsp3) is 0.381. The van der Waals surface area contributed by atoms with Gasteiger partial charge in [-0.3, -0.25) is 5.10 Å². The summed E-state index contributed by atoms with van der Waals surface area (Å²) in [5.74, 6) is 1.93. The summed E-state index contributed by atoms with van der Waals surface area (Å²) >= 11 is 0. The largest absolute Gasteiger partial charge is 0.351 e. The van der Waals surface area contributed by atoms with E-state index in [2.05, 4.69) is 39.5 Å². The summed E-state index contributed by atoms with van der Waals surface area (Å²) in [6.45, 7) is 5.81. The smallest absolute Gasteiger partial charge is 0.161 e. The number of hydrogen-bond donors (Lipinski definition) is 2. The Kier molecular flexibility index (Phi) is 4.13. The van der Waals surface area contributed by atoms with Crippen LogP contribution in [0.25, 0.3) is 11.4 Å². The molecule has 0 aliphatic carbocycles. The fourth-order valence-electron chi connectivity index (χ4n) is 4.15. The van der Waals surface area contributed by atoms with Gasteiger partial charge in [-0.15, -0.1) is 0 Å². The molecule has 4 heterocycles. The van der Waals surface area contributed by atoms with Gasteiger partial charge in [0.05, 0.1) is 11.4 Å². The highest BCUT2D eigenvalue weighted by Gasteiger charge is 2.27. The minimum atomic E-state index is 0.815. The van der Waals surface area contributed by atoms with Crippen LogP contribution in [0.1, 0.15) is 35.1 Å². The number of hydrogen-bond acceptors (Lipinski definition) is 5. The minimum absolute atomic E-state index is 0.815. The van der Waals surface area contributed by atoms with E-state index in [0.717, 1.165) is 68.3 Å². The highest BCUT2D eigenvalue weighted by Crippen LogP contribution is 2.31. The third kappa shape index (κ3) is 2.90. The molecule has 0 radical (unpaired) electrons. The van der Waals surface area contributed by atoms with Crippen molar-refractivity contribution in [1.82, 2.24) is 25.5 Å². The Morgan fingerprint density at radius 3 is 2.81 bits per heavy atom. The number of fused-ring (bicyclic) bond motifs is 2. The average Bonchev–Trinajstić information content (AvgIpc) is 3.16. The predicted molar refractivity (Wildman–Crippen MR) is 106 cm³/mol.